The van der Waals surface area contributed by atoms with Crippen LogP contribution in [0.3, 0.4) is 0 Å². The Morgan fingerprint density at radius 3 is 1.83 bits per heavy atom. The summed E-state index contributed by atoms with van der Waals surface area (Å²) >= 11 is 6.28. The number of hydrogen-bond donors (Lipinski definition) is 0. The fourth-order valence-electron chi connectivity index (χ4n) is 1.09. The predicted octanol–water partition coefficient (Wildman–Crippen LogP) is 5.20. The van der Waals surface area contributed by atoms with Crippen molar-refractivity contribution in [1.82, 2.24) is 0 Å². The van der Waals surface area contributed by atoms with Crippen molar-refractivity contribution in [3.8, 4) is 0 Å². The van der Waals surface area contributed by atoms with Gasteiger partial charge in [0.25, 0.3) is 0 Å². The van der Waals surface area contributed by atoms with Crippen LogP contribution in [0.25, 0.3) is 0 Å². The Kier molecular flexibility index (Phi) is 4.54. The quantitative estimate of drug-likeness (QED) is 0.476. The Bertz CT molecular complexity index is 430. The second-order valence-electron chi connectivity index (χ2n) is 3.11. The third-order valence-electron chi connectivity index (χ3n) is 1.80. The van der Waals surface area contributed by atoms with Crippen LogP contribution in [0.4, 0.5) is 26.3 Å². The van der Waals surface area contributed by atoms with Crippen LogP contribution >= 0.6 is 43.2 Å². The van der Waals surface area contributed by atoms with E-state index in [2.05, 4.69) is 31.9 Å². The maximum absolute atomic E-state index is 12.3. The van der Waals surface area contributed by atoms with Crippen molar-refractivity contribution >= 4 is 49.0 Å². The third kappa shape index (κ3) is 3.47. The van der Waals surface area contributed by atoms with Crippen LogP contribution in [0.15, 0.2) is 14.3 Å². The van der Waals surface area contributed by atoms with Crippen LogP contribution in [-0.2, 0) is 0 Å². The third-order valence-corrected chi connectivity index (χ3v) is 5.08. The zero-order chi connectivity index (χ0) is 14.3. The molecule has 0 atom stereocenters. The minimum absolute atomic E-state index is 0.221. The van der Waals surface area contributed by atoms with E-state index in [1.54, 1.807) is 0 Å². The molecule has 1 rings (SSSR count). The van der Waals surface area contributed by atoms with Crippen LogP contribution < -0.4 is 0 Å². The summed E-state index contributed by atoms with van der Waals surface area (Å²) in [5.74, 6) is -6.01. The number of rotatable bonds is 2. The number of carbonyl (C=O) groups excluding carboxylic acids is 1. The topological polar surface area (TPSA) is 17.1 Å². The van der Waals surface area contributed by atoms with Crippen molar-refractivity contribution in [3.05, 3.63) is 19.2 Å². The summed E-state index contributed by atoms with van der Waals surface area (Å²) in [7, 11) is 0. The molecule has 0 spiro atoms. The van der Waals surface area contributed by atoms with Crippen LogP contribution in [0.2, 0.25) is 0 Å². The Balaban J connectivity index is 3.20. The first-order valence-electron chi connectivity index (χ1n) is 4.07. The molecule has 0 saturated carbocycles. The van der Waals surface area contributed by atoms with Gasteiger partial charge in [-0.05, 0) is 37.9 Å². The standard InChI is InChI=1S/C8H2Br2F6OS/c9-2-1-3(18-6(2)10)4(17)5(7(11,12)13)8(14,15)16/h1,5H. The molecule has 0 bridgehead atoms. The molecule has 0 fully saturated rings. The van der Waals surface area contributed by atoms with E-state index in [1.165, 1.54) is 0 Å². The predicted molar refractivity (Wildman–Crippen MR) is 59.6 cm³/mol. The van der Waals surface area contributed by atoms with E-state index in [9.17, 15) is 31.1 Å². The zero-order valence-electron chi connectivity index (χ0n) is 7.99. The van der Waals surface area contributed by atoms with Gasteiger partial charge >= 0.3 is 12.4 Å². The molecule has 0 unspecified atom stereocenters. The van der Waals surface area contributed by atoms with E-state index in [1.807, 2.05) is 0 Å². The van der Waals surface area contributed by atoms with E-state index >= 15 is 0 Å². The lowest BCUT2D eigenvalue weighted by atomic mass is 10.0. The highest BCUT2D eigenvalue weighted by molar-refractivity contribution is 9.13. The number of hydrogen-bond acceptors (Lipinski definition) is 2. The smallest absolute Gasteiger partial charge is 0.292 e. The van der Waals surface area contributed by atoms with Gasteiger partial charge in [0.05, 0.1) is 8.66 Å². The largest absolute Gasteiger partial charge is 0.407 e. The van der Waals surface area contributed by atoms with Crippen LogP contribution in [0.5, 0.6) is 0 Å². The second kappa shape index (κ2) is 5.12. The first-order chi connectivity index (χ1) is 7.94. The number of halogens is 8. The van der Waals surface area contributed by atoms with Crippen LogP contribution in [0, 0.1) is 5.92 Å². The van der Waals surface area contributed by atoms with Gasteiger partial charge in [-0.1, -0.05) is 0 Å². The lowest BCUT2D eigenvalue weighted by Crippen LogP contribution is -2.42. The van der Waals surface area contributed by atoms with Gasteiger partial charge in [-0.15, -0.1) is 11.3 Å². The molecule has 1 nitrogen and oxygen atoms in total. The summed E-state index contributed by atoms with van der Waals surface area (Å²) < 4.78 is 74.3. The SMILES string of the molecule is O=C(c1cc(Br)c(Br)s1)C(C(F)(F)F)C(F)(F)F. The summed E-state index contributed by atoms with van der Waals surface area (Å²) in [4.78, 5) is 10.7. The molecule has 0 amide bonds. The maximum atomic E-state index is 12.3. The van der Waals surface area contributed by atoms with Gasteiger partial charge in [-0.3, -0.25) is 4.79 Å². The molecule has 1 aromatic rings. The molecular weight excluding hydrogens is 418 g/mol. The average molecular weight is 420 g/mol. The van der Waals surface area contributed by atoms with Crippen molar-refractivity contribution in [2.75, 3.05) is 0 Å². The monoisotopic (exact) mass is 418 g/mol. The molecule has 102 valence electrons. The van der Waals surface area contributed by atoms with Crippen molar-refractivity contribution in [2.45, 2.75) is 12.4 Å². The Hall–Kier alpha value is -0.0900. The highest BCUT2D eigenvalue weighted by atomic mass is 79.9. The van der Waals surface area contributed by atoms with E-state index in [4.69, 9.17) is 0 Å². The minimum Gasteiger partial charge on any atom is -0.292 e. The number of alkyl halides is 6. The molecule has 1 heterocycles. The van der Waals surface area contributed by atoms with E-state index < -0.39 is 28.9 Å². The first-order valence-corrected chi connectivity index (χ1v) is 6.47. The van der Waals surface area contributed by atoms with E-state index in [-0.39, 0.29) is 8.26 Å². The van der Waals surface area contributed by atoms with E-state index in [0.29, 0.717) is 11.3 Å². The normalized spacial score (nSPS) is 13.2. The average Bonchev–Trinajstić information content (AvgIpc) is 2.41. The molecule has 0 N–H and O–H groups in total. The number of thiophene rings is 1. The minimum atomic E-state index is -5.67. The molecule has 0 saturated heterocycles. The molecule has 0 aliphatic heterocycles. The Labute approximate surface area is 117 Å². The zero-order valence-corrected chi connectivity index (χ0v) is 12.0. The van der Waals surface area contributed by atoms with E-state index in [0.717, 1.165) is 6.07 Å². The Morgan fingerprint density at radius 1 is 1.11 bits per heavy atom. The fraction of sp³-hybridized carbons (Fsp3) is 0.375. The van der Waals surface area contributed by atoms with Gasteiger partial charge < -0.3 is 0 Å². The first kappa shape index (κ1) is 16.0. The summed E-state index contributed by atoms with van der Waals surface area (Å²) in [6.07, 6.45) is -11.3. The molecule has 0 aliphatic rings. The van der Waals surface area contributed by atoms with Crippen molar-refractivity contribution in [2.24, 2.45) is 5.92 Å². The number of carbonyl (C=O) groups is 1. The van der Waals surface area contributed by atoms with Gasteiger partial charge in [0.15, 0.2) is 5.78 Å². The van der Waals surface area contributed by atoms with Gasteiger partial charge in [-0.2, -0.15) is 26.3 Å². The maximum Gasteiger partial charge on any atom is 0.407 e. The number of Topliss-reactive ketones (excluding diaryl/α,β-unsaturated/α-hetero) is 1. The molecule has 0 aliphatic carbocycles. The molecular formula is C8H2Br2F6OS. The lowest BCUT2D eigenvalue weighted by molar-refractivity contribution is -0.264. The van der Waals surface area contributed by atoms with Crippen LogP contribution in [0.1, 0.15) is 9.67 Å². The summed E-state index contributed by atoms with van der Waals surface area (Å²) in [6, 6.07) is 0.918. The van der Waals surface area contributed by atoms with Gasteiger partial charge in [0, 0.05) is 4.47 Å². The summed E-state index contributed by atoms with van der Waals surface area (Å²) in [6.45, 7) is 0. The summed E-state index contributed by atoms with van der Waals surface area (Å²) in [5.41, 5.74) is 0. The molecule has 0 aromatic carbocycles. The van der Waals surface area contributed by atoms with Gasteiger partial charge in [0.1, 0.15) is 0 Å². The summed E-state index contributed by atoms with van der Waals surface area (Å²) in [5, 5.41) is 0. The van der Waals surface area contributed by atoms with Gasteiger partial charge in [-0.25, -0.2) is 0 Å². The van der Waals surface area contributed by atoms with Crippen molar-refractivity contribution in [1.29, 1.82) is 0 Å². The fourth-order valence-corrected chi connectivity index (χ4v) is 3.10. The molecule has 10 heteroatoms. The Morgan fingerprint density at radius 2 is 1.56 bits per heavy atom. The highest BCUT2D eigenvalue weighted by Gasteiger charge is 2.61. The molecule has 18 heavy (non-hydrogen) atoms. The second-order valence-corrected chi connectivity index (χ2v) is 6.34. The van der Waals surface area contributed by atoms with Crippen molar-refractivity contribution in [3.63, 3.8) is 0 Å². The number of ketones is 1. The molecule has 1 aromatic heterocycles. The highest BCUT2D eigenvalue weighted by Crippen LogP contribution is 2.43. The van der Waals surface area contributed by atoms with Crippen molar-refractivity contribution < 1.29 is 31.1 Å². The van der Waals surface area contributed by atoms with Crippen LogP contribution in [-0.4, -0.2) is 18.1 Å². The molecule has 0 radical (unpaired) electrons. The lowest BCUT2D eigenvalue weighted by Gasteiger charge is -2.20. The van der Waals surface area contributed by atoms with Gasteiger partial charge in [0.2, 0.25) is 5.92 Å².